The maximum absolute atomic E-state index is 4.16. The van der Waals surface area contributed by atoms with Crippen LogP contribution < -0.4 is 5.32 Å². The second kappa shape index (κ2) is 7.49. The molecule has 0 aliphatic carbocycles. The minimum atomic E-state index is 0.673. The van der Waals surface area contributed by atoms with Crippen molar-refractivity contribution in [2.75, 3.05) is 19.6 Å². The first-order valence-electron chi connectivity index (χ1n) is 7.23. The maximum atomic E-state index is 4.16. The minimum absolute atomic E-state index is 0.673. The summed E-state index contributed by atoms with van der Waals surface area (Å²) in [7, 11) is 0. The van der Waals surface area contributed by atoms with Crippen molar-refractivity contribution in [3.05, 3.63) is 30.1 Å². The van der Waals surface area contributed by atoms with Crippen molar-refractivity contribution in [2.45, 2.75) is 45.2 Å². The number of nitrogens with zero attached hydrogens (tertiary/aromatic N) is 2. The highest BCUT2D eigenvalue weighted by molar-refractivity contribution is 5.08. The molecule has 2 rings (SSSR count). The number of pyridine rings is 1. The van der Waals surface area contributed by atoms with Gasteiger partial charge in [0.1, 0.15) is 0 Å². The third-order valence-electron chi connectivity index (χ3n) is 3.68. The van der Waals surface area contributed by atoms with E-state index >= 15 is 0 Å². The number of aromatic nitrogens is 1. The predicted molar refractivity (Wildman–Crippen MR) is 75.4 cm³/mol. The standard InChI is InChI=1S/C15H25N3/c1-2-9-18-10-4-6-15(7-11-18)17-13-14-5-3-8-16-12-14/h3,5,8,12,15,17H,2,4,6-7,9-11,13H2,1H3. The summed E-state index contributed by atoms with van der Waals surface area (Å²) in [5, 5.41) is 3.67. The van der Waals surface area contributed by atoms with Gasteiger partial charge in [-0.1, -0.05) is 13.0 Å². The highest BCUT2D eigenvalue weighted by Gasteiger charge is 2.15. The largest absolute Gasteiger partial charge is 0.310 e. The summed E-state index contributed by atoms with van der Waals surface area (Å²) in [5.41, 5.74) is 1.28. The molecule has 2 heterocycles. The van der Waals surface area contributed by atoms with E-state index in [-0.39, 0.29) is 0 Å². The molecule has 0 bridgehead atoms. The van der Waals surface area contributed by atoms with E-state index in [0.717, 1.165) is 6.54 Å². The van der Waals surface area contributed by atoms with Crippen LogP contribution in [-0.2, 0) is 6.54 Å². The number of likely N-dealkylation sites (tertiary alicyclic amines) is 1. The van der Waals surface area contributed by atoms with E-state index in [9.17, 15) is 0 Å². The Labute approximate surface area is 111 Å². The van der Waals surface area contributed by atoms with Gasteiger partial charge in [-0.2, -0.15) is 0 Å². The van der Waals surface area contributed by atoms with Gasteiger partial charge in [0.25, 0.3) is 0 Å². The summed E-state index contributed by atoms with van der Waals surface area (Å²) in [4.78, 5) is 6.76. The summed E-state index contributed by atoms with van der Waals surface area (Å²) in [6.45, 7) is 7.00. The lowest BCUT2D eigenvalue weighted by atomic mass is 10.1. The summed E-state index contributed by atoms with van der Waals surface area (Å²) in [6, 6.07) is 4.82. The molecule has 0 radical (unpaired) electrons. The first-order valence-corrected chi connectivity index (χ1v) is 7.23. The van der Waals surface area contributed by atoms with Crippen LogP contribution in [0.2, 0.25) is 0 Å². The Bertz CT molecular complexity index is 326. The smallest absolute Gasteiger partial charge is 0.0312 e. The van der Waals surface area contributed by atoms with E-state index in [1.165, 1.54) is 50.9 Å². The molecule has 1 N–H and O–H groups in total. The van der Waals surface area contributed by atoms with E-state index in [2.05, 4.69) is 28.2 Å². The SMILES string of the molecule is CCCN1CCCC(NCc2cccnc2)CC1. The molecule has 100 valence electrons. The van der Waals surface area contributed by atoms with E-state index in [1.54, 1.807) is 0 Å². The number of hydrogen-bond donors (Lipinski definition) is 1. The fraction of sp³-hybridized carbons (Fsp3) is 0.667. The summed E-state index contributed by atoms with van der Waals surface area (Å²) in [5.74, 6) is 0. The van der Waals surface area contributed by atoms with Gasteiger partial charge in [0, 0.05) is 25.0 Å². The third kappa shape index (κ3) is 4.39. The van der Waals surface area contributed by atoms with Gasteiger partial charge in [-0.15, -0.1) is 0 Å². The van der Waals surface area contributed by atoms with Gasteiger partial charge in [0.2, 0.25) is 0 Å². The molecule has 0 spiro atoms. The minimum Gasteiger partial charge on any atom is -0.310 e. The van der Waals surface area contributed by atoms with Crippen molar-refractivity contribution in [3.8, 4) is 0 Å². The third-order valence-corrected chi connectivity index (χ3v) is 3.68. The molecule has 1 aromatic heterocycles. The van der Waals surface area contributed by atoms with E-state index in [0.29, 0.717) is 6.04 Å². The molecule has 1 unspecified atom stereocenters. The van der Waals surface area contributed by atoms with Gasteiger partial charge >= 0.3 is 0 Å². The topological polar surface area (TPSA) is 28.2 Å². The average molecular weight is 247 g/mol. The molecular formula is C15H25N3. The molecule has 1 aliphatic heterocycles. The predicted octanol–water partition coefficient (Wildman–Crippen LogP) is 2.44. The van der Waals surface area contributed by atoms with Crippen molar-refractivity contribution in [2.24, 2.45) is 0 Å². The zero-order chi connectivity index (χ0) is 12.6. The van der Waals surface area contributed by atoms with Gasteiger partial charge in [0.15, 0.2) is 0 Å². The van der Waals surface area contributed by atoms with Crippen LogP contribution in [0.5, 0.6) is 0 Å². The monoisotopic (exact) mass is 247 g/mol. The van der Waals surface area contributed by atoms with Gasteiger partial charge < -0.3 is 10.2 Å². The van der Waals surface area contributed by atoms with E-state index in [4.69, 9.17) is 0 Å². The fourth-order valence-corrected chi connectivity index (χ4v) is 2.66. The fourth-order valence-electron chi connectivity index (χ4n) is 2.66. The molecule has 0 saturated carbocycles. The van der Waals surface area contributed by atoms with Gasteiger partial charge in [0.05, 0.1) is 0 Å². The average Bonchev–Trinajstić information content (AvgIpc) is 2.64. The van der Waals surface area contributed by atoms with Crippen molar-refractivity contribution in [1.82, 2.24) is 15.2 Å². The number of hydrogen-bond acceptors (Lipinski definition) is 3. The number of nitrogens with one attached hydrogen (secondary N) is 1. The Hall–Kier alpha value is -0.930. The first-order chi connectivity index (χ1) is 8.88. The van der Waals surface area contributed by atoms with Crippen LogP contribution in [0.1, 0.15) is 38.2 Å². The van der Waals surface area contributed by atoms with Crippen molar-refractivity contribution in [1.29, 1.82) is 0 Å². The maximum Gasteiger partial charge on any atom is 0.0312 e. The quantitative estimate of drug-likeness (QED) is 0.866. The van der Waals surface area contributed by atoms with E-state index < -0.39 is 0 Å². The lowest BCUT2D eigenvalue weighted by Gasteiger charge is -2.19. The second-order valence-corrected chi connectivity index (χ2v) is 5.21. The first kappa shape index (κ1) is 13.5. The Morgan fingerprint density at radius 1 is 1.39 bits per heavy atom. The zero-order valence-corrected chi connectivity index (χ0v) is 11.4. The molecule has 1 aliphatic rings. The van der Waals surface area contributed by atoms with Crippen molar-refractivity contribution >= 4 is 0 Å². The van der Waals surface area contributed by atoms with Crippen LogP contribution in [0, 0.1) is 0 Å². The molecule has 1 saturated heterocycles. The van der Waals surface area contributed by atoms with Crippen molar-refractivity contribution < 1.29 is 0 Å². The molecule has 1 fully saturated rings. The van der Waals surface area contributed by atoms with Crippen LogP contribution in [-0.4, -0.2) is 35.6 Å². The van der Waals surface area contributed by atoms with Crippen LogP contribution >= 0.6 is 0 Å². The van der Waals surface area contributed by atoms with Gasteiger partial charge in [-0.3, -0.25) is 4.98 Å². The zero-order valence-electron chi connectivity index (χ0n) is 11.4. The molecule has 1 aromatic rings. The Kier molecular flexibility index (Phi) is 5.62. The van der Waals surface area contributed by atoms with E-state index in [1.807, 2.05) is 18.5 Å². The second-order valence-electron chi connectivity index (χ2n) is 5.21. The molecule has 3 nitrogen and oxygen atoms in total. The molecule has 0 aromatic carbocycles. The van der Waals surface area contributed by atoms with Crippen LogP contribution in [0.15, 0.2) is 24.5 Å². The molecule has 18 heavy (non-hydrogen) atoms. The van der Waals surface area contributed by atoms with Gasteiger partial charge in [-0.05, 0) is 56.9 Å². The molecule has 1 atom stereocenters. The van der Waals surface area contributed by atoms with Crippen LogP contribution in [0.4, 0.5) is 0 Å². The summed E-state index contributed by atoms with van der Waals surface area (Å²) in [6.07, 6.45) is 8.96. The molecule has 0 amide bonds. The highest BCUT2D eigenvalue weighted by Crippen LogP contribution is 2.12. The Morgan fingerprint density at radius 3 is 3.11 bits per heavy atom. The summed E-state index contributed by atoms with van der Waals surface area (Å²) >= 11 is 0. The normalized spacial score (nSPS) is 21.7. The highest BCUT2D eigenvalue weighted by atomic mass is 15.1. The van der Waals surface area contributed by atoms with Crippen molar-refractivity contribution in [3.63, 3.8) is 0 Å². The molecular weight excluding hydrogens is 222 g/mol. The summed E-state index contributed by atoms with van der Waals surface area (Å²) < 4.78 is 0. The molecule has 3 heteroatoms. The van der Waals surface area contributed by atoms with Crippen LogP contribution in [0.25, 0.3) is 0 Å². The Balaban J connectivity index is 1.73. The Morgan fingerprint density at radius 2 is 2.33 bits per heavy atom. The lowest BCUT2D eigenvalue weighted by molar-refractivity contribution is 0.282. The van der Waals surface area contributed by atoms with Gasteiger partial charge in [-0.25, -0.2) is 0 Å². The van der Waals surface area contributed by atoms with Crippen LogP contribution in [0.3, 0.4) is 0 Å². The number of rotatable bonds is 5. The lowest BCUT2D eigenvalue weighted by Crippen LogP contribution is -2.30.